The second-order valence-corrected chi connectivity index (χ2v) is 5.95. The Bertz CT molecular complexity index is 1060. The number of aromatic carboxylic acids is 1. The Morgan fingerprint density at radius 1 is 0.893 bits per heavy atom. The minimum atomic E-state index is -1.13. The molecule has 0 heterocycles. The molecule has 0 saturated heterocycles. The van der Waals surface area contributed by atoms with Crippen LogP contribution < -0.4 is 10.6 Å². The quantitative estimate of drug-likeness (QED) is 0.585. The molecule has 6 heteroatoms. The summed E-state index contributed by atoms with van der Waals surface area (Å²) in [5.74, 6) is -1.64. The van der Waals surface area contributed by atoms with Crippen molar-refractivity contribution >= 4 is 28.9 Å². The molecule has 6 nitrogen and oxygen atoms in total. The summed E-state index contributed by atoms with van der Waals surface area (Å²) >= 11 is 0. The first-order valence-corrected chi connectivity index (χ1v) is 8.54. The Balaban J connectivity index is 2.06. The molecule has 3 aromatic rings. The number of para-hydroxylation sites is 2. The molecular formula is C22H17N3O3. The van der Waals surface area contributed by atoms with E-state index in [1.165, 1.54) is 6.07 Å². The average Bonchev–Trinajstić information content (AvgIpc) is 2.70. The summed E-state index contributed by atoms with van der Waals surface area (Å²) in [6.07, 6.45) is -0.322. The van der Waals surface area contributed by atoms with Gasteiger partial charge in [-0.1, -0.05) is 54.6 Å². The van der Waals surface area contributed by atoms with Crippen LogP contribution in [0.3, 0.4) is 0 Å². The molecule has 0 aliphatic rings. The van der Waals surface area contributed by atoms with Crippen LogP contribution in [0, 0.1) is 11.3 Å². The summed E-state index contributed by atoms with van der Waals surface area (Å²) in [7, 11) is 0. The minimum Gasteiger partial charge on any atom is -0.478 e. The van der Waals surface area contributed by atoms with Crippen molar-refractivity contribution in [1.29, 1.82) is 5.26 Å². The predicted octanol–water partition coefficient (Wildman–Crippen LogP) is 4.65. The van der Waals surface area contributed by atoms with E-state index in [2.05, 4.69) is 10.6 Å². The van der Waals surface area contributed by atoms with Crippen LogP contribution in [0.1, 0.15) is 16.8 Å². The molecule has 138 valence electrons. The van der Waals surface area contributed by atoms with Gasteiger partial charge < -0.3 is 15.7 Å². The number of nitriles is 1. The fourth-order valence-corrected chi connectivity index (χ4v) is 2.83. The zero-order valence-corrected chi connectivity index (χ0v) is 14.8. The lowest BCUT2D eigenvalue weighted by molar-refractivity contribution is -0.115. The standard InChI is InChI=1S/C22H17N3O3/c23-14-13-20(26)24-19-12-6-10-17(22(27)28)21(19)25-18-11-5-4-9-16(18)15-7-2-1-3-8-15/h1-12,25H,13H2,(H,24,26)(H,27,28). The summed E-state index contributed by atoms with van der Waals surface area (Å²) in [4.78, 5) is 23.6. The Hall–Kier alpha value is -4.11. The molecule has 0 atom stereocenters. The molecule has 0 radical (unpaired) electrons. The van der Waals surface area contributed by atoms with Crippen LogP contribution in [-0.2, 0) is 4.79 Å². The highest BCUT2D eigenvalue weighted by molar-refractivity contribution is 6.04. The van der Waals surface area contributed by atoms with Gasteiger partial charge >= 0.3 is 5.97 Å². The number of anilines is 3. The lowest BCUT2D eigenvalue weighted by Crippen LogP contribution is -2.13. The summed E-state index contributed by atoms with van der Waals surface area (Å²) in [5.41, 5.74) is 3.11. The second-order valence-electron chi connectivity index (χ2n) is 5.95. The van der Waals surface area contributed by atoms with Crippen molar-refractivity contribution in [3.05, 3.63) is 78.4 Å². The third-order valence-electron chi connectivity index (χ3n) is 4.08. The van der Waals surface area contributed by atoms with Gasteiger partial charge in [0.05, 0.1) is 23.0 Å². The number of nitrogens with one attached hydrogen (secondary N) is 2. The van der Waals surface area contributed by atoms with Gasteiger partial charge in [0.25, 0.3) is 0 Å². The van der Waals surface area contributed by atoms with Gasteiger partial charge in [0.1, 0.15) is 6.42 Å². The molecule has 0 aliphatic heterocycles. The molecule has 0 saturated carbocycles. The van der Waals surface area contributed by atoms with E-state index >= 15 is 0 Å². The Labute approximate surface area is 162 Å². The van der Waals surface area contributed by atoms with Crippen LogP contribution in [0.15, 0.2) is 72.8 Å². The summed E-state index contributed by atoms with van der Waals surface area (Å²) in [5, 5.41) is 24.0. The van der Waals surface area contributed by atoms with Crippen molar-refractivity contribution in [1.82, 2.24) is 0 Å². The number of hydrogen-bond donors (Lipinski definition) is 3. The van der Waals surface area contributed by atoms with Gasteiger partial charge in [-0.15, -0.1) is 0 Å². The average molecular weight is 371 g/mol. The molecule has 3 aromatic carbocycles. The molecule has 1 amide bonds. The van der Waals surface area contributed by atoms with Crippen molar-refractivity contribution in [3.8, 4) is 17.2 Å². The summed E-state index contributed by atoms with van der Waals surface area (Å²) in [6.45, 7) is 0. The van der Waals surface area contributed by atoms with E-state index in [0.29, 0.717) is 11.4 Å². The Morgan fingerprint density at radius 2 is 1.57 bits per heavy atom. The number of nitrogens with zero attached hydrogens (tertiary/aromatic N) is 1. The maximum absolute atomic E-state index is 11.9. The lowest BCUT2D eigenvalue weighted by atomic mass is 10.0. The monoisotopic (exact) mass is 371 g/mol. The number of rotatable bonds is 6. The van der Waals surface area contributed by atoms with E-state index in [0.717, 1.165) is 11.1 Å². The van der Waals surface area contributed by atoms with Crippen LogP contribution in [-0.4, -0.2) is 17.0 Å². The normalized spacial score (nSPS) is 9.96. The number of carbonyl (C=O) groups excluding carboxylic acids is 1. The molecule has 3 rings (SSSR count). The van der Waals surface area contributed by atoms with Gasteiger partial charge in [-0.05, 0) is 23.8 Å². The van der Waals surface area contributed by atoms with Crippen LogP contribution in [0.4, 0.5) is 17.1 Å². The van der Waals surface area contributed by atoms with Gasteiger partial charge in [-0.3, -0.25) is 4.79 Å². The maximum atomic E-state index is 11.9. The van der Waals surface area contributed by atoms with Gasteiger partial charge in [0, 0.05) is 11.3 Å². The first-order valence-electron chi connectivity index (χ1n) is 8.54. The molecule has 0 unspecified atom stereocenters. The van der Waals surface area contributed by atoms with E-state index in [1.807, 2.05) is 54.6 Å². The molecular weight excluding hydrogens is 354 g/mol. The van der Waals surface area contributed by atoms with Crippen LogP contribution in [0.5, 0.6) is 0 Å². The predicted molar refractivity (Wildman–Crippen MR) is 107 cm³/mol. The highest BCUT2D eigenvalue weighted by Crippen LogP contribution is 2.35. The van der Waals surface area contributed by atoms with Gasteiger partial charge in [-0.2, -0.15) is 5.26 Å². The topological polar surface area (TPSA) is 102 Å². The van der Waals surface area contributed by atoms with Crippen LogP contribution in [0.25, 0.3) is 11.1 Å². The summed E-state index contributed by atoms with van der Waals surface area (Å²) in [6, 6.07) is 23.5. The van der Waals surface area contributed by atoms with E-state index in [-0.39, 0.29) is 17.7 Å². The zero-order valence-electron chi connectivity index (χ0n) is 14.8. The van der Waals surface area contributed by atoms with E-state index in [1.54, 1.807) is 18.2 Å². The van der Waals surface area contributed by atoms with Gasteiger partial charge in [-0.25, -0.2) is 4.79 Å². The van der Waals surface area contributed by atoms with Crippen molar-refractivity contribution in [2.24, 2.45) is 0 Å². The minimum absolute atomic E-state index is 0.0117. The largest absolute Gasteiger partial charge is 0.478 e. The fraction of sp³-hybridized carbons (Fsp3) is 0.0455. The van der Waals surface area contributed by atoms with E-state index in [4.69, 9.17) is 5.26 Å². The van der Waals surface area contributed by atoms with Crippen molar-refractivity contribution in [2.75, 3.05) is 10.6 Å². The molecule has 28 heavy (non-hydrogen) atoms. The van der Waals surface area contributed by atoms with Crippen molar-refractivity contribution in [2.45, 2.75) is 6.42 Å². The zero-order chi connectivity index (χ0) is 19.9. The van der Waals surface area contributed by atoms with Crippen molar-refractivity contribution in [3.63, 3.8) is 0 Å². The number of amides is 1. The molecule has 3 N–H and O–H groups in total. The Kier molecular flexibility index (Phi) is 5.68. The number of benzene rings is 3. The second kappa shape index (κ2) is 8.52. The highest BCUT2D eigenvalue weighted by atomic mass is 16.4. The SMILES string of the molecule is N#CCC(=O)Nc1cccc(C(=O)O)c1Nc1ccccc1-c1ccccc1. The Morgan fingerprint density at radius 3 is 2.29 bits per heavy atom. The number of carboxylic acid groups (broad SMARTS) is 1. The first kappa shape index (κ1) is 18.7. The molecule has 0 bridgehead atoms. The highest BCUT2D eigenvalue weighted by Gasteiger charge is 2.17. The van der Waals surface area contributed by atoms with Gasteiger partial charge in [0.2, 0.25) is 5.91 Å². The third kappa shape index (κ3) is 4.17. The molecule has 0 aromatic heterocycles. The summed E-state index contributed by atoms with van der Waals surface area (Å²) < 4.78 is 0. The number of carboxylic acids is 1. The molecule has 0 spiro atoms. The van der Waals surface area contributed by atoms with E-state index in [9.17, 15) is 14.7 Å². The molecule has 0 fully saturated rings. The smallest absolute Gasteiger partial charge is 0.337 e. The lowest BCUT2D eigenvalue weighted by Gasteiger charge is -2.18. The van der Waals surface area contributed by atoms with Crippen LogP contribution >= 0.6 is 0 Å². The number of carbonyl (C=O) groups is 2. The van der Waals surface area contributed by atoms with Crippen LogP contribution in [0.2, 0.25) is 0 Å². The fourth-order valence-electron chi connectivity index (χ4n) is 2.83. The molecule has 0 aliphatic carbocycles. The third-order valence-corrected chi connectivity index (χ3v) is 4.08. The van der Waals surface area contributed by atoms with Gasteiger partial charge in [0.15, 0.2) is 0 Å². The maximum Gasteiger partial charge on any atom is 0.337 e. The first-order chi connectivity index (χ1) is 13.6. The van der Waals surface area contributed by atoms with Crippen molar-refractivity contribution < 1.29 is 14.7 Å². The van der Waals surface area contributed by atoms with E-state index < -0.39 is 11.9 Å². The number of hydrogen-bond acceptors (Lipinski definition) is 4.